The molecule has 2 N–H and O–H groups in total. The van der Waals surface area contributed by atoms with Gasteiger partial charge in [0.25, 0.3) is 0 Å². The van der Waals surface area contributed by atoms with Crippen molar-refractivity contribution in [1.29, 1.82) is 0 Å². The normalized spacial score (nSPS) is 11.7. The van der Waals surface area contributed by atoms with Crippen molar-refractivity contribution in [3.63, 3.8) is 0 Å². The van der Waals surface area contributed by atoms with Crippen LogP contribution < -0.4 is 10.6 Å². The zero-order valence-electron chi connectivity index (χ0n) is 16.2. The molecule has 0 saturated carbocycles. The van der Waals surface area contributed by atoms with Gasteiger partial charge in [-0.25, -0.2) is 4.79 Å². The molecular weight excluding hydrogens is 400 g/mol. The maximum absolute atomic E-state index is 12.7. The van der Waals surface area contributed by atoms with Crippen LogP contribution in [-0.2, 0) is 0 Å². The summed E-state index contributed by atoms with van der Waals surface area (Å²) in [6.45, 7) is 1.96. The van der Waals surface area contributed by atoms with Crippen molar-refractivity contribution < 1.29 is 9.21 Å². The van der Waals surface area contributed by atoms with Crippen LogP contribution in [0.1, 0.15) is 23.1 Å². The van der Waals surface area contributed by atoms with Gasteiger partial charge in [0.2, 0.25) is 11.8 Å². The fourth-order valence-electron chi connectivity index (χ4n) is 3.01. The van der Waals surface area contributed by atoms with E-state index in [4.69, 9.17) is 16.0 Å². The largest absolute Gasteiger partial charge is 0.418 e. The highest BCUT2D eigenvalue weighted by Crippen LogP contribution is 2.26. The van der Waals surface area contributed by atoms with Gasteiger partial charge in [-0.15, -0.1) is 10.2 Å². The highest BCUT2D eigenvalue weighted by molar-refractivity contribution is 6.30. The van der Waals surface area contributed by atoms with Crippen molar-refractivity contribution >= 4 is 23.3 Å². The first kappa shape index (κ1) is 19.7. The summed E-state index contributed by atoms with van der Waals surface area (Å²) in [5, 5.41) is 14.7. The Kier molecular flexibility index (Phi) is 5.77. The molecule has 0 spiro atoms. The lowest BCUT2D eigenvalue weighted by Crippen LogP contribution is -2.33. The summed E-state index contributed by atoms with van der Waals surface area (Å²) in [5.74, 6) is 0.654. The van der Waals surface area contributed by atoms with Gasteiger partial charge in [0, 0.05) is 16.3 Å². The van der Waals surface area contributed by atoms with E-state index in [0.717, 1.165) is 16.7 Å². The number of hydrogen-bond donors (Lipinski definition) is 2. The molecule has 0 aliphatic carbocycles. The quantitative estimate of drug-likeness (QED) is 0.441. The molecule has 2 amide bonds. The summed E-state index contributed by atoms with van der Waals surface area (Å²) in [7, 11) is 0. The lowest BCUT2D eigenvalue weighted by atomic mass is 10.1. The van der Waals surface area contributed by atoms with Crippen LogP contribution in [0, 0.1) is 6.92 Å². The molecule has 30 heavy (non-hydrogen) atoms. The number of nitrogens with zero attached hydrogens (tertiary/aromatic N) is 2. The molecule has 1 heterocycles. The average molecular weight is 419 g/mol. The lowest BCUT2D eigenvalue weighted by molar-refractivity contribution is 0.248. The second-order valence-electron chi connectivity index (χ2n) is 6.76. The first-order chi connectivity index (χ1) is 14.6. The van der Waals surface area contributed by atoms with Gasteiger partial charge in [0.1, 0.15) is 6.04 Å². The summed E-state index contributed by atoms with van der Waals surface area (Å²) in [4.78, 5) is 12.7. The van der Waals surface area contributed by atoms with Crippen LogP contribution in [-0.4, -0.2) is 16.2 Å². The van der Waals surface area contributed by atoms with E-state index < -0.39 is 6.04 Å². The number of rotatable bonds is 5. The predicted octanol–water partition coefficient (Wildman–Crippen LogP) is 5.61. The van der Waals surface area contributed by atoms with Crippen molar-refractivity contribution in [3.05, 3.63) is 101 Å². The Labute approximate surface area is 178 Å². The van der Waals surface area contributed by atoms with Gasteiger partial charge >= 0.3 is 6.03 Å². The van der Waals surface area contributed by atoms with Gasteiger partial charge in [-0.1, -0.05) is 54.1 Å². The zero-order chi connectivity index (χ0) is 20.9. The maximum Gasteiger partial charge on any atom is 0.320 e. The number of nitrogens with one attached hydrogen (secondary N) is 2. The third kappa shape index (κ3) is 4.67. The molecule has 0 aliphatic heterocycles. The zero-order valence-corrected chi connectivity index (χ0v) is 16.9. The van der Waals surface area contributed by atoms with Crippen LogP contribution in [0.3, 0.4) is 0 Å². The van der Waals surface area contributed by atoms with Gasteiger partial charge < -0.3 is 15.1 Å². The second kappa shape index (κ2) is 8.80. The number of urea groups is 1. The molecule has 0 fully saturated rings. The van der Waals surface area contributed by atoms with Gasteiger partial charge in [0.15, 0.2) is 0 Å². The Morgan fingerprint density at radius 1 is 0.967 bits per heavy atom. The summed E-state index contributed by atoms with van der Waals surface area (Å²) >= 11 is 6.02. The molecule has 4 aromatic rings. The second-order valence-corrected chi connectivity index (χ2v) is 7.20. The van der Waals surface area contributed by atoms with Crippen molar-refractivity contribution in [1.82, 2.24) is 15.5 Å². The van der Waals surface area contributed by atoms with Gasteiger partial charge in [-0.05, 0) is 54.4 Å². The topological polar surface area (TPSA) is 80.0 Å². The molecule has 1 atom stereocenters. The smallest absolute Gasteiger partial charge is 0.320 e. The third-order valence-electron chi connectivity index (χ3n) is 4.46. The van der Waals surface area contributed by atoms with Gasteiger partial charge in [-0.2, -0.15) is 0 Å². The van der Waals surface area contributed by atoms with E-state index in [1.54, 1.807) is 12.1 Å². The molecule has 6 nitrogen and oxygen atoms in total. The number of aryl methyl sites for hydroxylation is 1. The summed E-state index contributed by atoms with van der Waals surface area (Å²) in [6.07, 6.45) is 0. The molecular formula is C23H19ClN4O2. The number of benzene rings is 3. The van der Waals surface area contributed by atoms with Crippen molar-refractivity contribution in [2.24, 2.45) is 0 Å². The first-order valence-corrected chi connectivity index (χ1v) is 9.75. The number of halogens is 1. The van der Waals surface area contributed by atoms with E-state index in [2.05, 4.69) is 20.8 Å². The SMILES string of the molecule is Cc1cccc(NC(=O)N[C@@H](c2ccc(Cl)cc2)c2nnc(-c3ccccc3)o2)c1. The number of carbonyl (C=O) groups excluding carboxylic acids is 1. The summed E-state index contributed by atoms with van der Waals surface area (Å²) in [6, 6.07) is 23.1. The van der Waals surface area contributed by atoms with Crippen LogP contribution in [0.2, 0.25) is 5.02 Å². The standard InChI is InChI=1S/C23H19ClN4O2/c1-15-6-5-9-19(14-15)25-23(29)26-20(16-10-12-18(24)13-11-16)22-28-27-21(30-22)17-7-3-2-4-8-17/h2-14,20H,1H3,(H2,25,26,29)/t20-/m0/s1. The highest BCUT2D eigenvalue weighted by Gasteiger charge is 2.23. The molecule has 7 heteroatoms. The fourth-order valence-corrected chi connectivity index (χ4v) is 3.14. The molecule has 150 valence electrons. The fraction of sp³-hybridized carbons (Fsp3) is 0.0870. The molecule has 0 aliphatic rings. The van der Waals surface area contributed by atoms with Crippen LogP contribution in [0.25, 0.3) is 11.5 Å². The maximum atomic E-state index is 12.7. The predicted molar refractivity (Wildman–Crippen MR) is 116 cm³/mol. The third-order valence-corrected chi connectivity index (χ3v) is 4.72. The Bertz CT molecular complexity index is 1140. The average Bonchev–Trinajstić information content (AvgIpc) is 3.23. The van der Waals surface area contributed by atoms with E-state index in [9.17, 15) is 4.79 Å². The van der Waals surface area contributed by atoms with E-state index in [1.807, 2.05) is 73.7 Å². The van der Waals surface area contributed by atoms with Crippen molar-refractivity contribution in [2.45, 2.75) is 13.0 Å². The molecule has 0 unspecified atom stereocenters. The van der Waals surface area contributed by atoms with Crippen molar-refractivity contribution in [3.8, 4) is 11.5 Å². The molecule has 3 aromatic carbocycles. The van der Waals surface area contributed by atoms with E-state index in [-0.39, 0.29) is 11.9 Å². The summed E-state index contributed by atoms with van der Waals surface area (Å²) < 4.78 is 5.89. The Balaban J connectivity index is 1.61. The Hall–Kier alpha value is -3.64. The van der Waals surface area contributed by atoms with Crippen LogP contribution >= 0.6 is 11.6 Å². The minimum atomic E-state index is -0.642. The molecule has 1 aromatic heterocycles. The highest BCUT2D eigenvalue weighted by atomic mass is 35.5. The Morgan fingerprint density at radius 3 is 2.47 bits per heavy atom. The van der Waals surface area contributed by atoms with Crippen LogP contribution in [0.4, 0.5) is 10.5 Å². The number of carbonyl (C=O) groups is 1. The van der Waals surface area contributed by atoms with E-state index in [0.29, 0.717) is 16.6 Å². The van der Waals surface area contributed by atoms with Crippen LogP contribution in [0.5, 0.6) is 0 Å². The van der Waals surface area contributed by atoms with E-state index >= 15 is 0 Å². The number of aromatic nitrogens is 2. The molecule has 0 saturated heterocycles. The molecule has 0 bridgehead atoms. The first-order valence-electron chi connectivity index (χ1n) is 9.37. The van der Waals surface area contributed by atoms with Crippen molar-refractivity contribution in [2.75, 3.05) is 5.32 Å². The minimum absolute atomic E-state index is 0.274. The van der Waals surface area contributed by atoms with E-state index in [1.165, 1.54) is 0 Å². The molecule has 4 rings (SSSR count). The van der Waals surface area contributed by atoms with Gasteiger partial charge in [0.05, 0.1) is 0 Å². The number of anilines is 1. The lowest BCUT2D eigenvalue weighted by Gasteiger charge is -2.16. The molecule has 0 radical (unpaired) electrons. The number of amides is 2. The monoisotopic (exact) mass is 418 g/mol. The number of hydrogen-bond acceptors (Lipinski definition) is 4. The van der Waals surface area contributed by atoms with Gasteiger partial charge in [-0.3, -0.25) is 0 Å². The minimum Gasteiger partial charge on any atom is -0.418 e. The Morgan fingerprint density at radius 2 is 1.73 bits per heavy atom. The van der Waals surface area contributed by atoms with Crippen LogP contribution in [0.15, 0.2) is 83.3 Å². The summed E-state index contributed by atoms with van der Waals surface area (Å²) in [5.41, 5.74) is 3.31.